The van der Waals surface area contributed by atoms with Crippen molar-refractivity contribution < 1.29 is 9.53 Å². The molecule has 0 aliphatic rings. The summed E-state index contributed by atoms with van der Waals surface area (Å²) in [6, 6.07) is 8.06. The van der Waals surface area contributed by atoms with Gasteiger partial charge in [0.2, 0.25) is 8.32 Å². The van der Waals surface area contributed by atoms with Crippen molar-refractivity contribution in [3.05, 3.63) is 29.8 Å². The van der Waals surface area contributed by atoms with Gasteiger partial charge in [0.1, 0.15) is 5.75 Å². The summed E-state index contributed by atoms with van der Waals surface area (Å²) in [5.41, 5.74) is 1.15. The maximum atomic E-state index is 8.86. The first-order valence-electron chi connectivity index (χ1n) is 6.15. The zero-order chi connectivity index (χ0) is 13.1. The molecule has 0 aliphatic carbocycles. The molecule has 0 aromatic heterocycles. The number of hydrogen-bond acceptors (Lipinski definition) is 2. The van der Waals surface area contributed by atoms with Crippen LogP contribution in [0.4, 0.5) is 0 Å². The van der Waals surface area contributed by atoms with E-state index in [1.54, 1.807) is 0 Å². The molecule has 0 unspecified atom stereocenters. The molecule has 1 aromatic rings. The highest BCUT2D eigenvalue weighted by Gasteiger charge is 2.38. The standard InChI is InChI=1S/C14H24O2Si/c1-14(2,3)17(4,5)16-13-8-6-12(7-9-13)10-11-15/h6-9,15H,10-11H2,1-5H3. The van der Waals surface area contributed by atoms with Crippen LogP contribution >= 0.6 is 0 Å². The van der Waals surface area contributed by atoms with Gasteiger partial charge < -0.3 is 9.53 Å². The molecule has 0 amide bonds. The summed E-state index contributed by atoms with van der Waals surface area (Å²) < 4.78 is 6.18. The second-order valence-corrected chi connectivity index (χ2v) is 10.7. The van der Waals surface area contributed by atoms with Crippen LogP contribution in [0.3, 0.4) is 0 Å². The monoisotopic (exact) mass is 252 g/mol. The van der Waals surface area contributed by atoms with Crippen molar-refractivity contribution in [2.24, 2.45) is 0 Å². The average molecular weight is 252 g/mol. The van der Waals surface area contributed by atoms with Crippen LogP contribution < -0.4 is 4.43 Å². The third-order valence-corrected chi connectivity index (χ3v) is 7.86. The van der Waals surface area contributed by atoms with Crippen molar-refractivity contribution in [2.75, 3.05) is 6.61 Å². The lowest BCUT2D eigenvalue weighted by Gasteiger charge is -2.36. The van der Waals surface area contributed by atoms with Gasteiger partial charge in [-0.1, -0.05) is 32.9 Å². The van der Waals surface area contributed by atoms with Crippen molar-refractivity contribution in [3.8, 4) is 5.75 Å². The molecule has 96 valence electrons. The Labute approximate surface area is 106 Å². The van der Waals surface area contributed by atoms with Gasteiger partial charge in [-0.25, -0.2) is 0 Å². The topological polar surface area (TPSA) is 29.5 Å². The molecular formula is C14H24O2Si. The summed E-state index contributed by atoms with van der Waals surface area (Å²) in [5, 5.41) is 9.08. The molecule has 0 spiro atoms. The maximum Gasteiger partial charge on any atom is 0.250 e. The van der Waals surface area contributed by atoms with E-state index in [0.717, 1.165) is 11.3 Å². The first-order chi connectivity index (χ1) is 7.76. The lowest BCUT2D eigenvalue weighted by Crippen LogP contribution is -2.43. The van der Waals surface area contributed by atoms with E-state index in [2.05, 4.69) is 33.9 Å². The quantitative estimate of drug-likeness (QED) is 0.830. The Morgan fingerprint density at radius 3 is 2.06 bits per heavy atom. The summed E-state index contributed by atoms with van der Waals surface area (Å²) in [5.74, 6) is 0.943. The van der Waals surface area contributed by atoms with Gasteiger partial charge in [-0.15, -0.1) is 0 Å². The molecule has 3 heteroatoms. The van der Waals surface area contributed by atoms with Crippen molar-refractivity contribution in [3.63, 3.8) is 0 Å². The van der Waals surface area contributed by atoms with E-state index in [0.29, 0.717) is 6.42 Å². The number of rotatable bonds is 4. The summed E-state index contributed by atoms with van der Waals surface area (Å²) in [4.78, 5) is 0. The summed E-state index contributed by atoms with van der Waals surface area (Å²) in [7, 11) is -1.73. The van der Waals surface area contributed by atoms with E-state index in [4.69, 9.17) is 9.53 Å². The van der Waals surface area contributed by atoms with Gasteiger partial charge in [0.05, 0.1) is 0 Å². The van der Waals surface area contributed by atoms with Gasteiger partial charge in [0, 0.05) is 6.61 Å². The molecule has 0 saturated carbocycles. The Bertz CT molecular complexity index is 349. The molecule has 0 radical (unpaired) electrons. The van der Waals surface area contributed by atoms with Crippen LogP contribution in [0.5, 0.6) is 5.75 Å². The Kier molecular flexibility index (Phi) is 4.39. The highest BCUT2D eigenvalue weighted by atomic mass is 28.4. The zero-order valence-corrected chi connectivity index (χ0v) is 12.6. The Balaban J connectivity index is 2.76. The molecule has 0 saturated heterocycles. The Morgan fingerprint density at radius 1 is 1.12 bits per heavy atom. The van der Waals surface area contributed by atoms with Crippen molar-refractivity contribution >= 4 is 8.32 Å². The largest absolute Gasteiger partial charge is 0.544 e. The minimum Gasteiger partial charge on any atom is -0.544 e. The van der Waals surface area contributed by atoms with Crippen LogP contribution in [-0.4, -0.2) is 20.0 Å². The molecule has 0 heterocycles. The summed E-state index contributed by atoms with van der Waals surface area (Å²) >= 11 is 0. The summed E-state index contributed by atoms with van der Waals surface area (Å²) in [6.07, 6.45) is 0.709. The third-order valence-electron chi connectivity index (χ3n) is 3.50. The molecule has 2 nitrogen and oxygen atoms in total. The fraction of sp³-hybridized carbons (Fsp3) is 0.571. The van der Waals surface area contributed by atoms with Crippen LogP contribution in [0, 0.1) is 0 Å². The van der Waals surface area contributed by atoms with E-state index in [1.165, 1.54) is 0 Å². The lowest BCUT2D eigenvalue weighted by atomic mass is 10.2. The molecular weight excluding hydrogens is 228 g/mol. The summed E-state index contributed by atoms with van der Waals surface area (Å²) in [6.45, 7) is 11.4. The molecule has 1 N–H and O–H groups in total. The van der Waals surface area contributed by atoms with Crippen molar-refractivity contribution in [2.45, 2.75) is 45.3 Å². The van der Waals surface area contributed by atoms with Crippen molar-refractivity contribution in [1.82, 2.24) is 0 Å². The fourth-order valence-corrected chi connectivity index (χ4v) is 2.33. The number of hydrogen-bond donors (Lipinski definition) is 1. The van der Waals surface area contributed by atoms with Gasteiger partial charge in [0.25, 0.3) is 0 Å². The lowest BCUT2D eigenvalue weighted by molar-refractivity contribution is 0.299. The SMILES string of the molecule is CC(C)(C)[Si](C)(C)Oc1ccc(CCO)cc1. The molecule has 0 fully saturated rings. The minimum atomic E-state index is -1.73. The third kappa shape index (κ3) is 3.86. The van der Waals surface area contributed by atoms with E-state index >= 15 is 0 Å². The van der Waals surface area contributed by atoms with E-state index in [9.17, 15) is 0 Å². The molecule has 0 atom stereocenters. The molecule has 17 heavy (non-hydrogen) atoms. The first kappa shape index (κ1) is 14.3. The highest BCUT2D eigenvalue weighted by Crippen LogP contribution is 2.37. The van der Waals surface area contributed by atoms with Crippen LogP contribution in [0.15, 0.2) is 24.3 Å². The predicted octanol–water partition coefficient (Wildman–Crippen LogP) is 3.61. The van der Waals surface area contributed by atoms with E-state index in [1.807, 2.05) is 24.3 Å². The molecule has 0 aliphatic heterocycles. The second kappa shape index (κ2) is 5.23. The fourth-order valence-electron chi connectivity index (χ4n) is 1.30. The average Bonchev–Trinajstić information content (AvgIpc) is 2.19. The van der Waals surface area contributed by atoms with Gasteiger partial charge in [-0.3, -0.25) is 0 Å². The van der Waals surface area contributed by atoms with Crippen LogP contribution in [0.2, 0.25) is 18.1 Å². The predicted molar refractivity (Wildman–Crippen MR) is 75.1 cm³/mol. The van der Waals surface area contributed by atoms with Gasteiger partial charge >= 0.3 is 0 Å². The molecule has 0 bridgehead atoms. The van der Waals surface area contributed by atoms with Crippen LogP contribution in [-0.2, 0) is 6.42 Å². The normalized spacial score (nSPS) is 12.6. The van der Waals surface area contributed by atoms with Crippen LogP contribution in [0.25, 0.3) is 0 Å². The van der Waals surface area contributed by atoms with Gasteiger partial charge in [-0.05, 0) is 42.2 Å². The van der Waals surface area contributed by atoms with Crippen LogP contribution in [0.1, 0.15) is 26.3 Å². The van der Waals surface area contributed by atoms with E-state index < -0.39 is 8.32 Å². The highest BCUT2D eigenvalue weighted by molar-refractivity contribution is 6.74. The number of benzene rings is 1. The minimum absolute atomic E-state index is 0.197. The first-order valence-corrected chi connectivity index (χ1v) is 9.06. The van der Waals surface area contributed by atoms with E-state index in [-0.39, 0.29) is 11.6 Å². The molecule has 1 rings (SSSR count). The van der Waals surface area contributed by atoms with Crippen molar-refractivity contribution in [1.29, 1.82) is 0 Å². The zero-order valence-electron chi connectivity index (χ0n) is 11.6. The van der Waals surface area contributed by atoms with Gasteiger partial charge in [-0.2, -0.15) is 0 Å². The Hall–Kier alpha value is -0.803. The smallest absolute Gasteiger partial charge is 0.250 e. The van der Waals surface area contributed by atoms with Gasteiger partial charge in [0.15, 0.2) is 0 Å². The Morgan fingerprint density at radius 2 is 1.65 bits per heavy atom. The maximum absolute atomic E-state index is 8.86. The molecule has 1 aromatic carbocycles. The number of aliphatic hydroxyl groups is 1. The number of aliphatic hydroxyl groups excluding tert-OH is 1. The second-order valence-electron chi connectivity index (χ2n) is 5.98.